The van der Waals surface area contributed by atoms with Gasteiger partial charge in [0.25, 0.3) is 11.5 Å². The fourth-order valence-corrected chi connectivity index (χ4v) is 4.00. The second-order valence-corrected chi connectivity index (χ2v) is 8.06. The number of anilines is 1. The monoisotopic (exact) mass is 447 g/mol. The van der Waals surface area contributed by atoms with Crippen LogP contribution in [-0.2, 0) is 27.3 Å². The molecule has 162 valence electrons. The van der Waals surface area contributed by atoms with Crippen LogP contribution in [0.3, 0.4) is 0 Å². The molecule has 1 amide bonds. The Bertz CT molecular complexity index is 1300. The molecule has 32 heavy (non-hydrogen) atoms. The smallest absolute Gasteiger partial charge is 0.308 e. The summed E-state index contributed by atoms with van der Waals surface area (Å²) in [4.78, 5) is 41.6. The van der Waals surface area contributed by atoms with Gasteiger partial charge >= 0.3 is 5.97 Å². The highest BCUT2D eigenvalue weighted by Gasteiger charge is 2.12. The maximum atomic E-state index is 12.3. The quantitative estimate of drug-likeness (QED) is 0.417. The first-order valence-electron chi connectivity index (χ1n) is 10.1. The van der Waals surface area contributed by atoms with Gasteiger partial charge in [-0.25, -0.2) is 4.98 Å². The zero-order valence-corrected chi connectivity index (χ0v) is 18.0. The van der Waals surface area contributed by atoms with Crippen LogP contribution in [0, 0.1) is 0 Å². The molecule has 0 fully saturated rings. The molecule has 2 aromatic heterocycles. The van der Waals surface area contributed by atoms with E-state index in [1.807, 2.05) is 54.6 Å². The van der Waals surface area contributed by atoms with Gasteiger partial charge in [-0.05, 0) is 35.1 Å². The van der Waals surface area contributed by atoms with Crippen molar-refractivity contribution in [1.29, 1.82) is 0 Å². The molecular formula is C24H21N3O4S. The van der Waals surface area contributed by atoms with Crippen molar-refractivity contribution in [3.63, 3.8) is 0 Å². The number of carbonyl (C=O) groups is 2. The Kier molecular flexibility index (Phi) is 6.72. The number of para-hydroxylation sites is 1. The lowest BCUT2D eigenvalue weighted by molar-refractivity contribution is -0.147. The largest absolute Gasteiger partial charge is 0.456 e. The molecule has 0 aliphatic heterocycles. The highest BCUT2D eigenvalue weighted by Crippen LogP contribution is 2.19. The minimum absolute atomic E-state index is 0.0326. The molecule has 2 heterocycles. The predicted octanol–water partition coefficient (Wildman–Crippen LogP) is 3.62. The minimum Gasteiger partial charge on any atom is -0.456 e. The average molecular weight is 448 g/mol. The SMILES string of the molecule is O=C(COC(=O)CCn1cnc2sccc2c1=O)Nc1ccccc1Cc1ccccc1. The van der Waals surface area contributed by atoms with E-state index in [0.717, 1.165) is 11.1 Å². The van der Waals surface area contributed by atoms with Gasteiger partial charge < -0.3 is 10.1 Å². The predicted molar refractivity (Wildman–Crippen MR) is 124 cm³/mol. The van der Waals surface area contributed by atoms with Crippen LogP contribution < -0.4 is 10.9 Å². The molecule has 4 aromatic rings. The van der Waals surface area contributed by atoms with Crippen molar-refractivity contribution in [2.45, 2.75) is 19.4 Å². The first-order chi connectivity index (χ1) is 15.6. The van der Waals surface area contributed by atoms with Crippen LogP contribution in [0.1, 0.15) is 17.5 Å². The number of rotatable bonds is 8. The Hall–Kier alpha value is -3.78. The number of carbonyl (C=O) groups excluding carboxylic acids is 2. The second-order valence-electron chi connectivity index (χ2n) is 7.16. The number of aryl methyl sites for hydroxylation is 1. The van der Waals surface area contributed by atoms with Crippen molar-refractivity contribution in [3.8, 4) is 0 Å². The maximum Gasteiger partial charge on any atom is 0.308 e. The van der Waals surface area contributed by atoms with Gasteiger partial charge in [0.1, 0.15) is 4.83 Å². The van der Waals surface area contributed by atoms with E-state index < -0.39 is 18.5 Å². The number of aromatic nitrogens is 2. The lowest BCUT2D eigenvalue weighted by atomic mass is 10.0. The van der Waals surface area contributed by atoms with Crippen molar-refractivity contribution < 1.29 is 14.3 Å². The summed E-state index contributed by atoms with van der Waals surface area (Å²) in [5.74, 6) is -0.979. The van der Waals surface area contributed by atoms with Gasteiger partial charge in [0.05, 0.1) is 18.1 Å². The number of ether oxygens (including phenoxy) is 1. The Morgan fingerprint density at radius 2 is 1.81 bits per heavy atom. The third kappa shape index (κ3) is 5.28. The van der Waals surface area contributed by atoms with Crippen LogP contribution in [0.5, 0.6) is 0 Å². The van der Waals surface area contributed by atoms with Gasteiger partial charge in [-0.3, -0.25) is 19.0 Å². The summed E-state index contributed by atoms with van der Waals surface area (Å²) >= 11 is 1.39. The molecule has 0 aliphatic carbocycles. The van der Waals surface area contributed by atoms with Crippen molar-refractivity contribution >= 4 is 39.1 Å². The molecule has 0 saturated heterocycles. The first kappa shape index (κ1) is 21.5. The number of hydrogen-bond donors (Lipinski definition) is 1. The average Bonchev–Trinajstić information content (AvgIpc) is 3.29. The number of thiophene rings is 1. The van der Waals surface area contributed by atoms with Gasteiger partial charge in [-0.2, -0.15) is 0 Å². The number of hydrogen-bond acceptors (Lipinski definition) is 6. The Morgan fingerprint density at radius 3 is 2.66 bits per heavy atom. The number of nitrogens with one attached hydrogen (secondary N) is 1. The molecule has 0 atom stereocenters. The van der Waals surface area contributed by atoms with Crippen LogP contribution in [0.2, 0.25) is 0 Å². The van der Waals surface area contributed by atoms with Gasteiger partial charge in [-0.1, -0.05) is 48.5 Å². The molecule has 0 aliphatic rings. The van der Waals surface area contributed by atoms with E-state index in [2.05, 4.69) is 10.3 Å². The van der Waals surface area contributed by atoms with E-state index >= 15 is 0 Å². The summed E-state index contributed by atoms with van der Waals surface area (Å²) in [6.45, 7) is -0.257. The minimum atomic E-state index is -0.560. The maximum absolute atomic E-state index is 12.3. The third-order valence-corrected chi connectivity index (χ3v) is 5.72. The lowest BCUT2D eigenvalue weighted by Crippen LogP contribution is -2.24. The van der Waals surface area contributed by atoms with Crippen LogP contribution in [-0.4, -0.2) is 28.0 Å². The molecule has 8 heteroatoms. The van der Waals surface area contributed by atoms with Gasteiger partial charge in [0, 0.05) is 12.2 Å². The van der Waals surface area contributed by atoms with Crippen LogP contribution in [0.4, 0.5) is 5.69 Å². The molecule has 0 unspecified atom stereocenters. The molecule has 7 nitrogen and oxygen atoms in total. The van der Waals surface area contributed by atoms with Crippen molar-refractivity contribution in [2.24, 2.45) is 0 Å². The van der Waals surface area contributed by atoms with Crippen LogP contribution in [0.25, 0.3) is 10.2 Å². The number of esters is 1. The lowest BCUT2D eigenvalue weighted by Gasteiger charge is -2.12. The summed E-state index contributed by atoms with van der Waals surface area (Å²) in [6.07, 6.45) is 2.06. The normalized spacial score (nSPS) is 10.8. The van der Waals surface area contributed by atoms with Crippen molar-refractivity contribution in [3.05, 3.63) is 93.9 Å². The molecule has 0 radical (unpaired) electrons. The molecule has 0 spiro atoms. The van der Waals surface area contributed by atoms with E-state index in [1.54, 1.807) is 11.4 Å². The Labute approximate surface area is 188 Å². The summed E-state index contributed by atoms with van der Waals surface area (Å²) < 4.78 is 6.45. The van der Waals surface area contributed by atoms with Crippen molar-refractivity contribution in [2.75, 3.05) is 11.9 Å². The second kappa shape index (κ2) is 10.0. The molecule has 1 N–H and O–H groups in total. The van der Waals surface area contributed by atoms with Gasteiger partial charge in [0.15, 0.2) is 6.61 Å². The highest BCUT2D eigenvalue weighted by molar-refractivity contribution is 7.16. The summed E-state index contributed by atoms with van der Waals surface area (Å²) in [5.41, 5.74) is 2.58. The molecular weight excluding hydrogens is 426 g/mol. The number of benzene rings is 2. The van der Waals surface area contributed by atoms with E-state index in [0.29, 0.717) is 22.3 Å². The molecule has 2 aromatic carbocycles. The number of nitrogens with zero attached hydrogens (tertiary/aromatic N) is 2. The topological polar surface area (TPSA) is 90.3 Å². The van der Waals surface area contributed by atoms with Gasteiger partial charge in [-0.15, -0.1) is 11.3 Å². The number of amides is 1. The zero-order chi connectivity index (χ0) is 22.3. The van der Waals surface area contributed by atoms with E-state index in [1.165, 1.54) is 22.2 Å². The summed E-state index contributed by atoms with van der Waals surface area (Å²) in [7, 11) is 0. The fraction of sp³-hybridized carbons (Fsp3) is 0.167. The summed E-state index contributed by atoms with van der Waals surface area (Å²) in [5, 5.41) is 5.13. The van der Waals surface area contributed by atoms with Crippen LogP contribution in [0.15, 0.2) is 77.2 Å². The molecule has 0 bridgehead atoms. The Balaban J connectivity index is 1.29. The molecule has 4 rings (SSSR count). The van der Waals surface area contributed by atoms with E-state index in [4.69, 9.17) is 4.74 Å². The third-order valence-electron chi connectivity index (χ3n) is 4.90. The zero-order valence-electron chi connectivity index (χ0n) is 17.2. The Morgan fingerprint density at radius 1 is 1.03 bits per heavy atom. The summed E-state index contributed by atoms with van der Waals surface area (Å²) in [6, 6.07) is 19.2. The number of fused-ring (bicyclic) bond motifs is 1. The van der Waals surface area contributed by atoms with E-state index in [9.17, 15) is 14.4 Å². The van der Waals surface area contributed by atoms with Crippen molar-refractivity contribution in [1.82, 2.24) is 9.55 Å². The highest BCUT2D eigenvalue weighted by atomic mass is 32.1. The van der Waals surface area contributed by atoms with E-state index in [-0.39, 0.29) is 18.5 Å². The van der Waals surface area contributed by atoms with Crippen LogP contribution >= 0.6 is 11.3 Å². The molecule has 0 saturated carbocycles. The van der Waals surface area contributed by atoms with Gasteiger partial charge in [0.2, 0.25) is 0 Å². The fourth-order valence-electron chi connectivity index (χ4n) is 3.28. The first-order valence-corrected chi connectivity index (χ1v) is 11.0. The standard InChI is InChI=1S/C24H21N3O4S/c28-21(26-20-9-5-4-8-18(20)14-17-6-2-1-3-7-17)15-31-22(29)10-12-27-16-25-23-19(24(27)30)11-13-32-23/h1-9,11,13,16H,10,12,14-15H2,(H,26,28).